The molecule has 5 aromatic rings. The van der Waals surface area contributed by atoms with Gasteiger partial charge in [-0.2, -0.15) is 0 Å². The summed E-state index contributed by atoms with van der Waals surface area (Å²) < 4.78 is 9.00. The lowest BCUT2D eigenvalue weighted by Gasteiger charge is -2.12. The molecule has 0 amide bonds. The molecule has 132 valence electrons. The third kappa shape index (κ3) is 2.39. The highest BCUT2D eigenvalue weighted by molar-refractivity contribution is 6.03. The molecule has 0 aliphatic carbocycles. The lowest BCUT2D eigenvalue weighted by Crippen LogP contribution is -2.21. The number of para-hydroxylation sites is 1. The van der Waals surface area contributed by atoms with Crippen molar-refractivity contribution < 1.29 is 4.74 Å². The van der Waals surface area contributed by atoms with E-state index in [1.807, 2.05) is 77.3 Å². The van der Waals surface area contributed by atoms with Crippen LogP contribution >= 0.6 is 0 Å². The SMILES string of the molecule is COc1ccc(Cn2c(=O)c3nc4ccccn4c3c3ccccc32)cc1. The van der Waals surface area contributed by atoms with Crippen LogP contribution in [0.5, 0.6) is 5.75 Å². The Balaban J connectivity index is 1.81. The highest BCUT2D eigenvalue weighted by Gasteiger charge is 2.16. The molecule has 0 fully saturated rings. The zero-order valence-corrected chi connectivity index (χ0v) is 14.8. The Kier molecular flexibility index (Phi) is 3.47. The Morgan fingerprint density at radius 1 is 0.963 bits per heavy atom. The lowest BCUT2D eigenvalue weighted by atomic mass is 10.1. The molecule has 0 unspecified atom stereocenters. The first-order valence-corrected chi connectivity index (χ1v) is 8.77. The second-order valence-corrected chi connectivity index (χ2v) is 6.49. The molecule has 2 aromatic carbocycles. The van der Waals surface area contributed by atoms with Crippen molar-refractivity contribution in [2.45, 2.75) is 6.54 Å². The molecule has 0 spiro atoms. The van der Waals surface area contributed by atoms with Crippen LogP contribution in [-0.4, -0.2) is 21.1 Å². The number of benzene rings is 2. The molecule has 0 aliphatic heterocycles. The van der Waals surface area contributed by atoms with Crippen molar-refractivity contribution in [2.75, 3.05) is 7.11 Å². The maximum Gasteiger partial charge on any atom is 0.279 e. The van der Waals surface area contributed by atoms with Gasteiger partial charge >= 0.3 is 0 Å². The summed E-state index contributed by atoms with van der Waals surface area (Å²) >= 11 is 0. The molecule has 0 saturated carbocycles. The molecule has 5 heteroatoms. The van der Waals surface area contributed by atoms with Crippen LogP contribution in [0.15, 0.2) is 77.7 Å². The van der Waals surface area contributed by atoms with Crippen LogP contribution in [0.2, 0.25) is 0 Å². The average Bonchev–Trinajstić information content (AvgIpc) is 3.11. The number of ether oxygens (including phenoxy) is 1. The molecule has 0 aliphatic rings. The van der Waals surface area contributed by atoms with Crippen LogP contribution in [0.4, 0.5) is 0 Å². The molecule has 0 radical (unpaired) electrons. The summed E-state index contributed by atoms with van der Waals surface area (Å²) in [5.41, 5.74) is 3.98. The fourth-order valence-corrected chi connectivity index (χ4v) is 3.62. The van der Waals surface area contributed by atoms with Crippen molar-refractivity contribution >= 4 is 27.6 Å². The Labute approximate surface area is 155 Å². The second kappa shape index (κ2) is 5.99. The first kappa shape index (κ1) is 15.6. The van der Waals surface area contributed by atoms with Gasteiger partial charge in [0.05, 0.1) is 24.7 Å². The monoisotopic (exact) mass is 355 g/mol. The van der Waals surface area contributed by atoms with Crippen molar-refractivity contribution in [3.63, 3.8) is 0 Å². The van der Waals surface area contributed by atoms with Gasteiger partial charge in [-0.3, -0.25) is 9.20 Å². The molecule has 0 bridgehead atoms. The van der Waals surface area contributed by atoms with E-state index in [4.69, 9.17) is 4.74 Å². The highest BCUT2D eigenvalue weighted by Crippen LogP contribution is 2.24. The molecule has 0 N–H and O–H groups in total. The number of pyridine rings is 2. The number of aromatic nitrogens is 3. The van der Waals surface area contributed by atoms with E-state index in [0.717, 1.165) is 33.4 Å². The number of nitrogens with zero attached hydrogens (tertiary/aromatic N) is 3. The van der Waals surface area contributed by atoms with Gasteiger partial charge in [0.1, 0.15) is 11.4 Å². The Hall–Kier alpha value is -3.60. The van der Waals surface area contributed by atoms with Crippen molar-refractivity contribution in [3.05, 3.63) is 88.8 Å². The molecule has 0 atom stereocenters. The fraction of sp³-hybridized carbons (Fsp3) is 0.0909. The van der Waals surface area contributed by atoms with Crippen LogP contribution in [-0.2, 0) is 6.54 Å². The quantitative estimate of drug-likeness (QED) is 0.494. The van der Waals surface area contributed by atoms with Gasteiger partial charge in [0.25, 0.3) is 5.56 Å². The minimum absolute atomic E-state index is 0.0804. The van der Waals surface area contributed by atoms with Gasteiger partial charge in [0, 0.05) is 11.6 Å². The van der Waals surface area contributed by atoms with Gasteiger partial charge in [0.2, 0.25) is 0 Å². The molecule has 27 heavy (non-hydrogen) atoms. The summed E-state index contributed by atoms with van der Waals surface area (Å²) in [7, 11) is 1.64. The van der Waals surface area contributed by atoms with Gasteiger partial charge in [-0.15, -0.1) is 0 Å². The van der Waals surface area contributed by atoms with Gasteiger partial charge in [-0.1, -0.05) is 36.4 Å². The van der Waals surface area contributed by atoms with Crippen molar-refractivity contribution in [2.24, 2.45) is 0 Å². The van der Waals surface area contributed by atoms with E-state index >= 15 is 0 Å². The number of imidazole rings is 1. The van der Waals surface area contributed by atoms with Crippen LogP contribution in [0.1, 0.15) is 5.56 Å². The average molecular weight is 355 g/mol. The Bertz CT molecular complexity index is 1350. The van der Waals surface area contributed by atoms with Crippen LogP contribution in [0.25, 0.3) is 27.6 Å². The third-order valence-corrected chi connectivity index (χ3v) is 4.93. The molecule has 3 heterocycles. The molecular weight excluding hydrogens is 338 g/mol. The molecule has 5 nitrogen and oxygen atoms in total. The summed E-state index contributed by atoms with van der Waals surface area (Å²) in [5.74, 6) is 0.798. The van der Waals surface area contributed by atoms with E-state index in [1.165, 1.54) is 0 Å². The van der Waals surface area contributed by atoms with E-state index in [9.17, 15) is 4.79 Å². The van der Waals surface area contributed by atoms with Crippen LogP contribution < -0.4 is 10.3 Å². The predicted molar refractivity (Wildman–Crippen MR) is 107 cm³/mol. The number of hydrogen-bond donors (Lipinski definition) is 0. The zero-order chi connectivity index (χ0) is 18.4. The maximum absolute atomic E-state index is 13.3. The molecular formula is C22H17N3O2. The highest BCUT2D eigenvalue weighted by atomic mass is 16.5. The van der Waals surface area contributed by atoms with Crippen molar-refractivity contribution in [3.8, 4) is 5.75 Å². The third-order valence-electron chi connectivity index (χ3n) is 4.93. The van der Waals surface area contributed by atoms with Gasteiger partial charge in [0.15, 0.2) is 5.52 Å². The van der Waals surface area contributed by atoms with Crippen LogP contribution in [0.3, 0.4) is 0 Å². The van der Waals surface area contributed by atoms with E-state index in [-0.39, 0.29) is 5.56 Å². The van der Waals surface area contributed by atoms with Gasteiger partial charge in [-0.25, -0.2) is 4.98 Å². The minimum atomic E-state index is -0.0804. The molecule has 5 rings (SSSR count). The van der Waals surface area contributed by atoms with E-state index in [0.29, 0.717) is 12.1 Å². The topological polar surface area (TPSA) is 48.5 Å². The predicted octanol–water partition coefficient (Wildman–Crippen LogP) is 3.86. The smallest absolute Gasteiger partial charge is 0.279 e. The van der Waals surface area contributed by atoms with Gasteiger partial charge in [-0.05, 0) is 35.9 Å². The summed E-state index contributed by atoms with van der Waals surface area (Å²) in [6, 6.07) is 21.6. The lowest BCUT2D eigenvalue weighted by molar-refractivity contribution is 0.414. The molecule has 0 saturated heterocycles. The number of rotatable bonds is 3. The summed E-state index contributed by atoms with van der Waals surface area (Å²) in [6.45, 7) is 0.479. The fourth-order valence-electron chi connectivity index (χ4n) is 3.62. The first-order chi connectivity index (χ1) is 13.3. The van der Waals surface area contributed by atoms with Crippen molar-refractivity contribution in [1.29, 1.82) is 0 Å². The van der Waals surface area contributed by atoms with Gasteiger partial charge < -0.3 is 9.30 Å². The summed E-state index contributed by atoms with van der Waals surface area (Å²) in [5, 5.41) is 1.01. The second-order valence-electron chi connectivity index (χ2n) is 6.49. The van der Waals surface area contributed by atoms with E-state index < -0.39 is 0 Å². The van der Waals surface area contributed by atoms with E-state index in [1.54, 1.807) is 11.7 Å². The normalized spacial score (nSPS) is 11.4. The number of hydrogen-bond acceptors (Lipinski definition) is 3. The number of fused-ring (bicyclic) bond motifs is 5. The maximum atomic E-state index is 13.3. The van der Waals surface area contributed by atoms with Crippen molar-refractivity contribution in [1.82, 2.24) is 14.0 Å². The van der Waals surface area contributed by atoms with Crippen LogP contribution in [0, 0.1) is 0 Å². The largest absolute Gasteiger partial charge is 0.497 e. The standard InChI is InChI=1S/C22H17N3O2/c1-27-16-11-9-15(10-12-16)14-25-18-7-3-2-6-17(18)21-20(22(25)26)23-19-8-4-5-13-24(19)21/h2-13H,14H2,1H3. The minimum Gasteiger partial charge on any atom is -0.497 e. The van der Waals surface area contributed by atoms with E-state index in [2.05, 4.69) is 4.98 Å². The molecule has 3 aromatic heterocycles. The Morgan fingerprint density at radius 2 is 1.74 bits per heavy atom. The number of methoxy groups -OCH3 is 1. The summed E-state index contributed by atoms with van der Waals surface area (Å²) in [6.07, 6.45) is 1.95. The zero-order valence-electron chi connectivity index (χ0n) is 14.8. The summed E-state index contributed by atoms with van der Waals surface area (Å²) in [4.78, 5) is 17.9. The first-order valence-electron chi connectivity index (χ1n) is 8.77. The Morgan fingerprint density at radius 3 is 2.56 bits per heavy atom.